The Morgan fingerprint density at radius 2 is 1.77 bits per heavy atom. The second-order valence-corrected chi connectivity index (χ2v) is 8.76. The summed E-state index contributed by atoms with van der Waals surface area (Å²) < 4.78 is 0. The molecule has 6 nitrogen and oxygen atoms in total. The highest BCUT2D eigenvalue weighted by Crippen LogP contribution is 2.24. The molecule has 1 aromatic heterocycles. The van der Waals surface area contributed by atoms with Crippen molar-refractivity contribution in [1.29, 1.82) is 0 Å². The van der Waals surface area contributed by atoms with Gasteiger partial charge in [-0.25, -0.2) is 0 Å². The molecule has 2 heterocycles. The van der Waals surface area contributed by atoms with Gasteiger partial charge in [-0.15, -0.1) is 10.2 Å². The largest absolute Gasteiger partial charge is 0.369 e. The molecule has 7 heteroatoms. The number of hydrogen-bond donors (Lipinski definition) is 1. The summed E-state index contributed by atoms with van der Waals surface area (Å²) in [6.45, 7) is 8.31. The highest BCUT2D eigenvalue weighted by molar-refractivity contribution is 7.15. The topological polar surface area (TPSA) is 61.4 Å². The Kier molecular flexibility index (Phi) is 6.40. The summed E-state index contributed by atoms with van der Waals surface area (Å²) in [6, 6.07) is 16.6. The molecule has 1 N–H and O–H groups in total. The summed E-state index contributed by atoms with van der Waals surface area (Å²) in [5.74, 6) is -0.0300. The minimum Gasteiger partial charge on any atom is -0.369 e. The number of carbonyl (C=O) groups is 1. The molecule has 2 aromatic carbocycles. The molecule has 4 rings (SSSR count). The first kappa shape index (κ1) is 20.5. The van der Waals surface area contributed by atoms with E-state index in [0.29, 0.717) is 11.7 Å². The van der Waals surface area contributed by atoms with Crippen LogP contribution >= 0.6 is 11.3 Å². The van der Waals surface area contributed by atoms with Crippen LogP contribution in [0.4, 0.5) is 10.8 Å². The zero-order valence-corrected chi connectivity index (χ0v) is 18.3. The van der Waals surface area contributed by atoms with Gasteiger partial charge in [0.05, 0.1) is 6.54 Å². The van der Waals surface area contributed by atoms with Crippen molar-refractivity contribution in [2.24, 2.45) is 0 Å². The summed E-state index contributed by atoms with van der Waals surface area (Å²) in [6.07, 6.45) is 0.731. The number of carbonyl (C=O) groups excluding carboxylic acids is 1. The zero-order chi connectivity index (χ0) is 20.9. The van der Waals surface area contributed by atoms with Crippen molar-refractivity contribution < 1.29 is 4.79 Å². The van der Waals surface area contributed by atoms with E-state index in [1.54, 1.807) is 0 Å². The molecule has 1 aliphatic heterocycles. The SMILES string of the molecule is Cc1cccc(N2CCN(CC(=O)Nc3nnc(Cc4ccccc4)s3)CC2)c1C. The fraction of sp³-hybridized carbons (Fsp3) is 0.348. The Hall–Kier alpha value is -2.77. The van der Waals surface area contributed by atoms with E-state index < -0.39 is 0 Å². The van der Waals surface area contributed by atoms with Gasteiger partial charge < -0.3 is 4.90 Å². The van der Waals surface area contributed by atoms with E-state index in [1.807, 2.05) is 18.2 Å². The van der Waals surface area contributed by atoms with Crippen LogP contribution in [0, 0.1) is 13.8 Å². The predicted molar refractivity (Wildman–Crippen MR) is 122 cm³/mol. The maximum Gasteiger partial charge on any atom is 0.240 e. The van der Waals surface area contributed by atoms with Crippen LogP contribution in [0.15, 0.2) is 48.5 Å². The zero-order valence-electron chi connectivity index (χ0n) is 17.5. The van der Waals surface area contributed by atoms with Gasteiger partial charge in [0.1, 0.15) is 5.01 Å². The van der Waals surface area contributed by atoms with Crippen molar-refractivity contribution in [2.45, 2.75) is 20.3 Å². The summed E-state index contributed by atoms with van der Waals surface area (Å²) in [4.78, 5) is 17.1. The number of nitrogens with one attached hydrogen (secondary N) is 1. The van der Waals surface area contributed by atoms with E-state index >= 15 is 0 Å². The van der Waals surface area contributed by atoms with Crippen LogP contribution in [-0.4, -0.2) is 53.7 Å². The van der Waals surface area contributed by atoms with Gasteiger partial charge in [0.2, 0.25) is 11.0 Å². The van der Waals surface area contributed by atoms with Crippen LogP contribution in [-0.2, 0) is 11.2 Å². The predicted octanol–water partition coefficient (Wildman–Crippen LogP) is 3.51. The Morgan fingerprint density at radius 1 is 1.00 bits per heavy atom. The first-order valence-electron chi connectivity index (χ1n) is 10.3. The fourth-order valence-electron chi connectivity index (χ4n) is 3.73. The number of rotatable bonds is 6. The fourth-order valence-corrected chi connectivity index (χ4v) is 4.52. The van der Waals surface area contributed by atoms with Gasteiger partial charge in [-0.2, -0.15) is 0 Å². The highest BCUT2D eigenvalue weighted by atomic mass is 32.1. The number of aryl methyl sites for hydroxylation is 1. The molecule has 1 saturated heterocycles. The molecule has 156 valence electrons. The third-order valence-electron chi connectivity index (χ3n) is 5.57. The highest BCUT2D eigenvalue weighted by Gasteiger charge is 2.21. The van der Waals surface area contributed by atoms with E-state index in [2.05, 4.69) is 69.5 Å². The molecule has 0 radical (unpaired) electrons. The quantitative estimate of drug-likeness (QED) is 0.660. The van der Waals surface area contributed by atoms with Crippen LogP contribution in [0.1, 0.15) is 21.7 Å². The van der Waals surface area contributed by atoms with Crippen molar-refractivity contribution in [3.63, 3.8) is 0 Å². The molecule has 30 heavy (non-hydrogen) atoms. The number of anilines is 2. The number of aromatic nitrogens is 2. The van der Waals surface area contributed by atoms with Gasteiger partial charge in [0, 0.05) is 38.3 Å². The molecule has 0 spiro atoms. The number of nitrogens with zero attached hydrogens (tertiary/aromatic N) is 4. The Bertz CT molecular complexity index is 996. The monoisotopic (exact) mass is 421 g/mol. The molecule has 0 bridgehead atoms. The van der Waals surface area contributed by atoms with Gasteiger partial charge in [-0.05, 0) is 36.6 Å². The molecule has 0 aliphatic carbocycles. The van der Waals surface area contributed by atoms with Gasteiger partial charge in [-0.1, -0.05) is 53.8 Å². The first-order chi connectivity index (χ1) is 14.6. The summed E-state index contributed by atoms with van der Waals surface area (Å²) in [5.41, 5.74) is 5.15. The molecule has 3 aromatic rings. The van der Waals surface area contributed by atoms with Gasteiger partial charge in [0.25, 0.3) is 0 Å². The van der Waals surface area contributed by atoms with Crippen LogP contribution < -0.4 is 10.2 Å². The van der Waals surface area contributed by atoms with Crippen molar-refractivity contribution in [3.05, 3.63) is 70.2 Å². The lowest BCUT2D eigenvalue weighted by molar-refractivity contribution is -0.117. The lowest BCUT2D eigenvalue weighted by atomic mass is 10.1. The maximum atomic E-state index is 12.5. The van der Waals surface area contributed by atoms with Gasteiger partial charge in [-0.3, -0.25) is 15.0 Å². The molecular formula is C23H27N5OS. The van der Waals surface area contributed by atoms with E-state index in [-0.39, 0.29) is 5.91 Å². The number of piperazine rings is 1. The molecule has 0 saturated carbocycles. The molecule has 0 unspecified atom stereocenters. The minimum absolute atomic E-state index is 0.0300. The summed E-state index contributed by atoms with van der Waals surface area (Å²) in [7, 11) is 0. The first-order valence-corrected chi connectivity index (χ1v) is 11.1. The molecule has 1 fully saturated rings. The second-order valence-electron chi connectivity index (χ2n) is 7.69. The van der Waals surface area contributed by atoms with Crippen molar-refractivity contribution >= 4 is 28.1 Å². The maximum absolute atomic E-state index is 12.5. The van der Waals surface area contributed by atoms with Crippen molar-refractivity contribution in [3.8, 4) is 0 Å². The van der Waals surface area contributed by atoms with E-state index in [9.17, 15) is 4.79 Å². The smallest absolute Gasteiger partial charge is 0.240 e. The average molecular weight is 422 g/mol. The summed E-state index contributed by atoms with van der Waals surface area (Å²) in [5, 5.41) is 12.7. The Balaban J connectivity index is 1.26. The van der Waals surface area contributed by atoms with Crippen LogP contribution in [0.2, 0.25) is 0 Å². The third-order valence-corrected chi connectivity index (χ3v) is 6.41. The van der Waals surface area contributed by atoms with Crippen LogP contribution in [0.3, 0.4) is 0 Å². The normalized spacial score (nSPS) is 14.7. The van der Waals surface area contributed by atoms with E-state index in [0.717, 1.165) is 37.6 Å². The van der Waals surface area contributed by atoms with Crippen molar-refractivity contribution in [2.75, 3.05) is 42.9 Å². The molecule has 1 amide bonds. The molecule has 0 atom stereocenters. The summed E-state index contributed by atoms with van der Waals surface area (Å²) >= 11 is 1.44. The molecular weight excluding hydrogens is 394 g/mol. The number of amides is 1. The standard InChI is InChI=1S/C23H27N5OS/c1-17-7-6-10-20(18(17)2)28-13-11-27(12-14-28)16-21(29)24-23-26-25-22(30-23)15-19-8-4-3-5-9-19/h3-10H,11-16H2,1-2H3,(H,24,26,29). The van der Waals surface area contributed by atoms with Gasteiger partial charge in [0.15, 0.2) is 0 Å². The number of hydrogen-bond acceptors (Lipinski definition) is 6. The van der Waals surface area contributed by atoms with Crippen molar-refractivity contribution in [1.82, 2.24) is 15.1 Å². The minimum atomic E-state index is -0.0300. The lowest BCUT2D eigenvalue weighted by Crippen LogP contribution is -2.48. The average Bonchev–Trinajstić information content (AvgIpc) is 3.18. The van der Waals surface area contributed by atoms with E-state index in [1.165, 1.54) is 33.7 Å². The Morgan fingerprint density at radius 3 is 2.53 bits per heavy atom. The lowest BCUT2D eigenvalue weighted by Gasteiger charge is -2.36. The Labute approximate surface area is 181 Å². The third kappa shape index (κ3) is 5.04. The van der Waals surface area contributed by atoms with Crippen LogP contribution in [0.5, 0.6) is 0 Å². The number of benzene rings is 2. The van der Waals surface area contributed by atoms with Gasteiger partial charge >= 0.3 is 0 Å². The van der Waals surface area contributed by atoms with E-state index in [4.69, 9.17) is 0 Å². The van der Waals surface area contributed by atoms with Crippen LogP contribution in [0.25, 0.3) is 0 Å². The molecule has 1 aliphatic rings. The second kappa shape index (κ2) is 9.36.